The Bertz CT molecular complexity index is 636. The molecule has 0 aromatic heterocycles. The lowest BCUT2D eigenvalue weighted by Crippen LogP contribution is -2.60. The van der Waals surface area contributed by atoms with Crippen LogP contribution >= 0.6 is 0 Å². The monoisotopic (exact) mass is 316 g/mol. The van der Waals surface area contributed by atoms with Crippen molar-refractivity contribution >= 4 is 11.9 Å². The molecule has 0 saturated carbocycles. The maximum Gasteiger partial charge on any atom is 0.338 e. The summed E-state index contributed by atoms with van der Waals surface area (Å²) in [6, 6.07) is 7.82. The van der Waals surface area contributed by atoms with Crippen LogP contribution in [0.2, 0.25) is 0 Å². The molecule has 0 saturated heterocycles. The summed E-state index contributed by atoms with van der Waals surface area (Å²) in [7, 11) is 0. The first-order valence-electron chi connectivity index (χ1n) is 6.92. The Morgan fingerprint density at radius 2 is 1.87 bits per heavy atom. The zero-order valence-corrected chi connectivity index (χ0v) is 12.6. The van der Waals surface area contributed by atoms with Crippen molar-refractivity contribution in [3.05, 3.63) is 48.0 Å². The molecule has 6 nitrogen and oxygen atoms in total. The van der Waals surface area contributed by atoms with E-state index in [1.807, 2.05) is 36.3 Å². The van der Waals surface area contributed by atoms with Crippen molar-refractivity contribution in [3.63, 3.8) is 0 Å². The molecular weight excluding hydrogens is 296 g/mol. The van der Waals surface area contributed by atoms with Crippen LogP contribution < -0.4 is 11.5 Å². The summed E-state index contributed by atoms with van der Waals surface area (Å²) in [6.45, 7) is 3.69. The van der Waals surface area contributed by atoms with Crippen LogP contribution in [0.25, 0.3) is 0 Å². The van der Waals surface area contributed by atoms with Crippen molar-refractivity contribution in [1.82, 2.24) is 0 Å². The molecule has 0 radical (unpaired) electrons. The van der Waals surface area contributed by atoms with Crippen molar-refractivity contribution in [3.8, 4) is 12.3 Å². The number of nitrogens with two attached hydrogens (primary N) is 2. The number of terminal acetylenes is 1. The summed E-state index contributed by atoms with van der Waals surface area (Å²) >= 11 is 0. The average molecular weight is 316 g/mol. The highest BCUT2D eigenvalue weighted by molar-refractivity contribution is 5.84. The van der Waals surface area contributed by atoms with Crippen molar-refractivity contribution in [2.24, 2.45) is 17.4 Å². The molecule has 1 rings (SSSR count). The van der Waals surface area contributed by atoms with E-state index in [0.29, 0.717) is 0 Å². The van der Waals surface area contributed by atoms with Crippen LogP contribution in [0.5, 0.6) is 0 Å². The summed E-state index contributed by atoms with van der Waals surface area (Å²) in [5.41, 5.74) is 10.3. The average Bonchev–Trinajstić information content (AvgIpc) is 2.53. The predicted octanol–water partition coefficient (Wildman–Crippen LogP) is 0.619. The van der Waals surface area contributed by atoms with Gasteiger partial charge in [-0.05, 0) is 18.4 Å². The van der Waals surface area contributed by atoms with E-state index in [1.54, 1.807) is 0 Å². The Balaban J connectivity index is 2.89. The Labute approximate surface area is 134 Å². The van der Waals surface area contributed by atoms with Gasteiger partial charge in [0.2, 0.25) is 0 Å². The van der Waals surface area contributed by atoms with Crippen LogP contribution in [-0.2, 0) is 16.0 Å². The van der Waals surface area contributed by atoms with Gasteiger partial charge in [-0.1, -0.05) is 48.4 Å². The fraction of sp³-hybridized carbons (Fsp3) is 0.294. The molecule has 6 N–H and O–H groups in total. The zero-order valence-electron chi connectivity index (χ0n) is 12.6. The largest absolute Gasteiger partial charge is 0.481 e. The molecule has 3 unspecified atom stereocenters. The molecule has 0 bridgehead atoms. The van der Waals surface area contributed by atoms with Gasteiger partial charge in [0.25, 0.3) is 0 Å². The second-order valence-electron chi connectivity index (χ2n) is 5.38. The first-order valence-corrected chi connectivity index (χ1v) is 6.92. The van der Waals surface area contributed by atoms with Gasteiger partial charge < -0.3 is 21.7 Å². The van der Waals surface area contributed by atoms with E-state index in [4.69, 9.17) is 23.0 Å². The Morgan fingerprint density at radius 3 is 2.30 bits per heavy atom. The van der Waals surface area contributed by atoms with Gasteiger partial charge in [0, 0.05) is 0 Å². The van der Waals surface area contributed by atoms with Gasteiger partial charge in [-0.3, -0.25) is 4.79 Å². The maximum absolute atomic E-state index is 11.4. The van der Waals surface area contributed by atoms with E-state index in [1.165, 1.54) is 0 Å². The van der Waals surface area contributed by atoms with Crippen LogP contribution in [0, 0.1) is 18.3 Å². The summed E-state index contributed by atoms with van der Waals surface area (Å²) in [5, 5.41) is 18.5. The molecule has 0 spiro atoms. The molecule has 0 heterocycles. The van der Waals surface area contributed by atoms with Crippen molar-refractivity contribution in [2.75, 3.05) is 0 Å². The standard InChI is InChI=1S/C17H20N2O4/c1-3-17(19,16(22)23)14(18)11(2)9-13(15(20)21)10-12-7-5-4-6-8-12/h1,4-8,13-14H,2,9-10,18-19H2,(H,20,21)(H,22,23). The van der Waals surface area contributed by atoms with Gasteiger partial charge in [0.15, 0.2) is 5.54 Å². The quantitative estimate of drug-likeness (QED) is 0.411. The van der Waals surface area contributed by atoms with Crippen LogP contribution in [0.15, 0.2) is 42.5 Å². The Hall–Kier alpha value is -2.62. The first-order chi connectivity index (χ1) is 10.7. The summed E-state index contributed by atoms with van der Waals surface area (Å²) in [5.74, 6) is -1.33. The highest BCUT2D eigenvalue weighted by Crippen LogP contribution is 2.22. The molecule has 0 aliphatic rings. The van der Waals surface area contributed by atoms with E-state index in [9.17, 15) is 14.7 Å². The van der Waals surface area contributed by atoms with Crippen LogP contribution in [0.3, 0.4) is 0 Å². The lowest BCUT2D eigenvalue weighted by atomic mass is 9.82. The second-order valence-corrected chi connectivity index (χ2v) is 5.38. The summed E-state index contributed by atoms with van der Waals surface area (Å²) in [6.07, 6.45) is 5.42. The highest BCUT2D eigenvalue weighted by atomic mass is 16.4. The maximum atomic E-state index is 11.4. The lowest BCUT2D eigenvalue weighted by molar-refractivity contribution is -0.141. The number of hydrogen-bond acceptors (Lipinski definition) is 4. The molecule has 1 aromatic rings. The molecule has 0 fully saturated rings. The van der Waals surface area contributed by atoms with E-state index in [2.05, 4.69) is 6.58 Å². The minimum Gasteiger partial charge on any atom is -0.481 e. The Morgan fingerprint density at radius 1 is 1.30 bits per heavy atom. The van der Waals surface area contributed by atoms with Crippen molar-refractivity contribution in [1.29, 1.82) is 0 Å². The molecule has 122 valence electrons. The third kappa shape index (κ3) is 4.42. The number of benzene rings is 1. The molecule has 1 aromatic carbocycles. The van der Waals surface area contributed by atoms with Crippen molar-refractivity contribution in [2.45, 2.75) is 24.4 Å². The molecule has 0 amide bonds. The minimum atomic E-state index is -2.12. The van der Waals surface area contributed by atoms with E-state index < -0.39 is 29.4 Å². The van der Waals surface area contributed by atoms with Crippen LogP contribution in [0.1, 0.15) is 12.0 Å². The highest BCUT2D eigenvalue weighted by Gasteiger charge is 2.40. The third-order valence-electron chi connectivity index (χ3n) is 3.71. The Kier molecular flexibility index (Phi) is 6.08. The van der Waals surface area contributed by atoms with Gasteiger partial charge in [-0.2, -0.15) is 0 Å². The van der Waals surface area contributed by atoms with Crippen LogP contribution in [0.4, 0.5) is 0 Å². The molecule has 23 heavy (non-hydrogen) atoms. The van der Waals surface area contributed by atoms with E-state index in [0.717, 1.165) is 5.56 Å². The number of carbonyl (C=O) groups is 2. The number of hydrogen-bond donors (Lipinski definition) is 4. The van der Waals surface area contributed by atoms with Gasteiger partial charge in [0.05, 0.1) is 12.0 Å². The van der Waals surface area contributed by atoms with Crippen molar-refractivity contribution < 1.29 is 19.8 Å². The number of aliphatic carboxylic acids is 2. The fourth-order valence-electron chi connectivity index (χ4n) is 2.20. The normalized spacial score (nSPS) is 15.7. The van der Waals surface area contributed by atoms with Gasteiger partial charge >= 0.3 is 11.9 Å². The molecular formula is C17H20N2O4. The summed E-state index contributed by atoms with van der Waals surface area (Å²) < 4.78 is 0. The zero-order chi connectivity index (χ0) is 17.6. The van der Waals surface area contributed by atoms with E-state index in [-0.39, 0.29) is 18.4 Å². The SMILES string of the molecule is C#CC(N)(C(=O)O)C(N)C(=C)CC(Cc1ccccc1)C(=O)O. The first kappa shape index (κ1) is 18.4. The second kappa shape index (κ2) is 7.58. The smallest absolute Gasteiger partial charge is 0.338 e. The molecule has 0 aliphatic carbocycles. The minimum absolute atomic E-state index is 0.0146. The number of carboxylic acids is 2. The lowest BCUT2D eigenvalue weighted by Gasteiger charge is -2.28. The molecule has 0 aliphatic heterocycles. The van der Waals surface area contributed by atoms with Gasteiger partial charge in [-0.15, -0.1) is 6.42 Å². The van der Waals surface area contributed by atoms with Crippen LogP contribution in [-0.4, -0.2) is 33.7 Å². The third-order valence-corrected chi connectivity index (χ3v) is 3.71. The molecule has 3 atom stereocenters. The predicted molar refractivity (Wildman–Crippen MR) is 86.4 cm³/mol. The van der Waals surface area contributed by atoms with E-state index >= 15 is 0 Å². The topological polar surface area (TPSA) is 127 Å². The van der Waals surface area contributed by atoms with Gasteiger partial charge in [-0.25, -0.2) is 4.79 Å². The fourth-order valence-corrected chi connectivity index (χ4v) is 2.20. The number of rotatable bonds is 8. The molecule has 6 heteroatoms. The van der Waals surface area contributed by atoms with Gasteiger partial charge in [0.1, 0.15) is 0 Å². The number of carboxylic acid groups (broad SMARTS) is 2. The summed E-state index contributed by atoms with van der Waals surface area (Å²) in [4.78, 5) is 22.6.